The van der Waals surface area contributed by atoms with Crippen LogP contribution < -0.4 is 22.1 Å². The summed E-state index contributed by atoms with van der Waals surface area (Å²) >= 11 is 0. The Morgan fingerprint density at radius 1 is 1.02 bits per heavy atom. The fourth-order valence-electron chi connectivity index (χ4n) is 4.93. The third-order valence-electron chi connectivity index (χ3n) is 6.72. The van der Waals surface area contributed by atoms with Crippen molar-refractivity contribution in [3.63, 3.8) is 0 Å². The van der Waals surface area contributed by atoms with Crippen LogP contribution in [0, 0.1) is 5.92 Å². The zero-order chi connectivity index (χ0) is 28.8. The minimum absolute atomic E-state index is 0.0787. The lowest BCUT2D eigenvalue weighted by Gasteiger charge is -2.21. The number of fused-ring (bicyclic) bond motifs is 3. The maximum atomic E-state index is 13.7. The monoisotopic (exact) mass is 546 g/mol. The van der Waals surface area contributed by atoms with E-state index in [0.29, 0.717) is 12.8 Å². The number of guanidine groups is 1. The fraction of sp³-hybridized carbons (Fsp3) is 0.345. The summed E-state index contributed by atoms with van der Waals surface area (Å²) in [7, 11) is 0. The number of benzene rings is 2. The molecule has 2 atom stereocenters. The molecule has 1 aromatic heterocycles. The highest BCUT2D eigenvalue weighted by Crippen LogP contribution is 2.44. The number of aromatic nitrogens is 1. The predicted molar refractivity (Wildman–Crippen MR) is 149 cm³/mol. The Hall–Kier alpha value is -4.67. The van der Waals surface area contributed by atoms with Gasteiger partial charge in [0.05, 0.1) is 5.92 Å². The van der Waals surface area contributed by atoms with E-state index in [1.807, 2.05) is 62.4 Å². The smallest absolute Gasteiger partial charge is 0.326 e. The molecule has 0 fully saturated rings. The van der Waals surface area contributed by atoms with E-state index in [4.69, 9.17) is 15.9 Å². The Balaban J connectivity index is 1.49. The van der Waals surface area contributed by atoms with Crippen molar-refractivity contribution < 1.29 is 23.9 Å². The Bertz CT molecular complexity index is 1370. The number of carbonyl (C=O) groups is 3. The van der Waals surface area contributed by atoms with Crippen LogP contribution in [0.3, 0.4) is 0 Å². The topological polar surface area (TPSA) is 186 Å². The Kier molecular flexibility index (Phi) is 8.83. The van der Waals surface area contributed by atoms with Crippen LogP contribution in [-0.2, 0) is 9.59 Å². The average molecular weight is 547 g/mol. The molecule has 1 aliphatic rings. The van der Waals surface area contributed by atoms with Crippen molar-refractivity contribution >= 4 is 23.7 Å². The normalized spacial score (nSPS) is 13.7. The molecule has 11 heteroatoms. The van der Waals surface area contributed by atoms with Crippen molar-refractivity contribution in [2.24, 2.45) is 22.4 Å². The Labute approximate surface area is 232 Å². The molecule has 210 valence electrons. The van der Waals surface area contributed by atoms with E-state index in [0.717, 1.165) is 22.3 Å². The SMILES string of the molecule is CC(C)CC(NC(=O)C1c2ccccc2-c2ccccc21)c1nc(C(=O)NC(CCCN=C(N)N)C(=O)O)co1. The van der Waals surface area contributed by atoms with Crippen LogP contribution in [0.1, 0.15) is 72.6 Å². The molecule has 2 amide bonds. The molecule has 0 radical (unpaired) electrons. The van der Waals surface area contributed by atoms with Gasteiger partial charge in [-0.3, -0.25) is 14.6 Å². The number of hydrogen-bond donors (Lipinski definition) is 5. The zero-order valence-corrected chi connectivity index (χ0v) is 22.5. The van der Waals surface area contributed by atoms with Gasteiger partial charge in [0.1, 0.15) is 18.3 Å². The van der Waals surface area contributed by atoms with E-state index in [1.54, 1.807) is 0 Å². The van der Waals surface area contributed by atoms with Crippen molar-refractivity contribution in [2.75, 3.05) is 6.54 Å². The first-order valence-corrected chi connectivity index (χ1v) is 13.2. The molecule has 0 spiro atoms. The van der Waals surface area contributed by atoms with Crippen LogP contribution in [0.15, 0.2) is 64.2 Å². The van der Waals surface area contributed by atoms with E-state index in [2.05, 4.69) is 20.6 Å². The standard InChI is InChI=1S/C29H34N6O5/c1-16(2)14-22(34-26(37)24-19-10-5-3-8-17(19)18-9-4-6-11-20(18)24)27-35-23(15-40-27)25(36)33-21(28(38)39)12-7-13-32-29(30)31/h3-6,8-11,15-16,21-22,24H,7,12-14H2,1-2H3,(H,33,36)(H,34,37)(H,38,39)(H4,30,31,32). The van der Waals surface area contributed by atoms with Crippen molar-refractivity contribution in [2.45, 2.75) is 51.1 Å². The lowest BCUT2D eigenvalue weighted by Crippen LogP contribution is -2.41. The lowest BCUT2D eigenvalue weighted by atomic mass is 9.95. The first-order chi connectivity index (χ1) is 19.2. The minimum Gasteiger partial charge on any atom is -0.480 e. The number of rotatable bonds is 12. The van der Waals surface area contributed by atoms with Gasteiger partial charge in [-0.25, -0.2) is 9.78 Å². The van der Waals surface area contributed by atoms with Gasteiger partial charge in [-0.2, -0.15) is 0 Å². The first-order valence-electron chi connectivity index (χ1n) is 13.2. The molecule has 1 aliphatic carbocycles. The molecule has 3 aromatic rings. The Morgan fingerprint density at radius 3 is 2.23 bits per heavy atom. The number of carboxylic acid groups (broad SMARTS) is 1. The number of aliphatic imine (C=N–C) groups is 1. The van der Waals surface area contributed by atoms with Gasteiger partial charge in [-0.1, -0.05) is 62.4 Å². The highest BCUT2D eigenvalue weighted by Gasteiger charge is 2.35. The number of oxazole rings is 1. The fourth-order valence-corrected chi connectivity index (χ4v) is 4.93. The summed E-state index contributed by atoms with van der Waals surface area (Å²) in [6.07, 6.45) is 2.17. The summed E-state index contributed by atoms with van der Waals surface area (Å²) in [5.74, 6) is -2.31. The molecule has 0 saturated carbocycles. The van der Waals surface area contributed by atoms with Gasteiger partial charge in [0, 0.05) is 6.54 Å². The Morgan fingerprint density at radius 2 is 1.65 bits per heavy atom. The van der Waals surface area contributed by atoms with Crippen molar-refractivity contribution in [1.82, 2.24) is 15.6 Å². The van der Waals surface area contributed by atoms with Crippen LogP contribution in [0.2, 0.25) is 0 Å². The summed E-state index contributed by atoms with van der Waals surface area (Å²) in [6.45, 7) is 4.26. The second kappa shape index (κ2) is 12.5. The lowest BCUT2D eigenvalue weighted by molar-refractivity contribution is -0.139. The van der Waals surface area contributed by atoms with E-state index in [9.17, 15) is 19.5 Å². The van der Waals surface area contributed by atoms with Crippen molar-refractivity contribution in [1.29, 1.82) is 0 Å². The number of nitrogens with one attached hydrogen (secondary N) is 2. The van der Waals surface area contributed by atoms with Crippen LogP contribution in [-0.4, -0.2) is 46.4 Å². The molecular formula is C29H34N6O5. The summed E-state index contributed by atoms with van der Waals surface area (Å²) in [6, 6.07) is 13.9. The van der Waals surface area contributed by atoms with Crippen molar-refractivity contribution in [3.8, 4) is 11.1 Å². The summed E-state index contributed by atoms with van der Waals surface area (Å²) in [5, 5.41) is 15.1. The van der Waals surface area contributed by atoms with Gasteiger partial charge in [0.2, 0.25) is 11.8 Å². The number of carboxylic acids is 1. The molecule has 2 unspecified atom stereocenters. The number of nitrogens with two attached hydrogens (primary N) is 2. The molecule has 2 aromatic carbocycles. The van der Waals surface area contributed by atoms with Crippen LogP contribution in [0.5, 0.6) is 0 Å². The largest absolute Gasteiger partial charge is 0.480 e. The molecule has 4 rings (SSSR count). The van der Waals surface area contributed by atoms with Gasteiger partial charge in [0.15, 0.2) is 11.7 Å². The molecule has 11 nitrogen and oxygen atoms in total. The molecule has 40 heavy (non-hydrogen) atoms. The van der Waals surface area contributed by atoms with Gasteiger partial charge in [-0.15, -0.1) is 0 Å². The maximum Gasteiger partial charge on any atom is 0.326 e. The number of nitrogens with zero attached hydrogens (tertiary/aromatic N) is 2. The molecule has 1 heterocycles. The summed E-state index contributed by atoms with van der Waals surface area (Å²) < 4.78 is 5.64. The number of aliphatic carboxylic acids is 1. The first kappa shape index (κ1) is 28.3. The third-order valence-corrected chi connectivity index (χ3v) is 6.72. The number of amides is 2. The second-order valence-electron chi connectivity index (χ2n) is 10.2. The van der Waals surface area contributed by atoms with Gasteiger partial charge in [-0.05, 0) is 47.4 Å². The molecule has 0 saturated heterocycles. The minimum atomic E-state index is -1.19. The van der Waals surface area contributed by atoms with E-state index >= 15 is 0 Å². The summed E-state index contributed by atoms with van der Waals surface area (Å²) in [4.78, 5) is 46.3. The van der Waals surface area contributed by atoms with E-state index in [1.165, 1.54) is 6.26 Å². The third kappa shape index (κ3) is 6.48. The van der Waals surface area contributed by atoms with E-state index < -0.39 is 29.9 Å². The maximum absolute atomic E-state index is 13.7. The number of hydrogen-bond acceptors (Lipinski definition) is 6. The summed E-state index contributed by atoms with van der Waals surface area (Å²) in [5.41, 5.74) is 14.4. The van der Waals surface area contributed by atoms with Gasteiger partial charge in [0.25, 0.3) is 5.91 Å². The van der Waals surface area contributed by atoms with Crippen LogP contribution in [0.4, 0.5) is 0 Å². The highest BCUT2D eigenvalue weighted by atomic mass is 16.4. The predicted octanol–water partition coefficient (Wildman–Crippen LogP) is 2.93. The average Bonchev–Trinajstić information content (AvgIpc) is 3.53. The quantitative estimate of drug-likeness (QED) is 0.130. The molecule has 0 aliphatic heterocycles. The van der Waals surface area contributed by atoms with Crippen LogP contribution in [0.25, 0.3) is 11.1 Å². The van der Waals surface area contributed by atoms with Gasteiger partial charge < -0.3 is 31.6 Å². The van der Waals surface area contributed by atoms with Gasteiger partial charge >= 0.3 is 5.97 Å². The van der Waals surface area contributed by atoms with Crippen molar-refractivity contribution in [3.05, 3.63) is 77.5 Å². The highest BCUT2D eigenvalue weighted by molar-refractivity contribution is 5.96. The zero-order valence-electron chi connectivity index (χ0n) is 22.5. The van der Waals surface area contributed by atoms with E-state index in [-0.39, 0.29) is 42.3 Å². The molecular weight excluding hydrogens is 512 g/mol. The number of carbonyl (C=O) groups excluding carboxylic acids is 2. The second-order valence-corrected chi connectivity index (χ2v) is 10.2. The molecule has 7 N–H and O–H groups in total. The molecule has 0 bridgehead atoms. The van der Waals surface area contributed by atoms with Crippen LogP contribution >= 0.6 is 0 Å².